The third-order valence-corrected chi connectivity index (χ3v) is 4.25. The number of amides is 2. The fraction of sp³-hybridized carbons (Fsp3) is 0.222. The van der Waals surface area contributed by atoms with Gasteiger partial charge in [-0.3, -0.25) is 14.5 Å². The van der Waals surface area contributed by atoms with Crippen molar-refractivity contribution in [1.29, 1.82) is 0 Å². The van der Waals surface area contributed by atoms with Crippen molar-refractivity contribution in [1.82, 2.24) is 4.90 Å². The molecule has 0 aliphatic heterocycles. The van der Waals surface area contributed by atoms with Crippen LogP contribution in [0.15, 0.2) is 36.4 Å². The molecule has 0 saturated carbocycles. The van der Waals surface area contributed by atoms with Gasteiger partial charge in [0.1, 0.15) is 0 Å². The average molecular weight is 415 g/mol. The number of nitrogens with zero attached hydrogens (tertiary/aromatic N) is 1. The molecule has 0 atom stereocenters. The van der Waals surface area contributed by atoms with Crippen LogP contribution in [-0.2, 0) is 9.59 Å². The maximum absolute atomic E-state index is 12.2. The Morgan fingerprint density at radius 3 is 1.96 bits per heavy atom. The number of likely N-dealkylation sites (N-methyl/N-ethyl adjacent to an activating group) is 1. The van der Waals surface area contributed by atoms with Gasteiger partial charge in [-0.2, -0.15) is 0 Å². The Bertz CT molecular complexity index is 787. The van der Waals surface area contributed by atoms with E-state index in [1.165, 1.54) is 12.1 Å². The summed E-state index contributed by atoms with van der Waals surface area (Å²) in [5.74, 6) is -0.562. The first-order valence-electron chi connectivity index (χ1n) is 7.74. The van der Waals surface area contributed by atoms with Gasteiger partial charge in [-0.1, -0.05) is 52.5 Å². The third-order valence-electron chi connectivity index (χ3n) is 3.43. The molecule has 0 saturated heterocycles. The Balaban J connectivity index is 1.87. The number of hydrogen-bond acceptors (Lipinski definition) is 3. The summed E-state index contributed by atoms with van der Waals surface area (Å²) >= 11 is 17.9. The van der Waals surface area contributed by atoms with E-state index < -0.39 is 0 Å². The quantitative estimate of drug-likeness (QED) is 0.733. The summed E-state index contributed by atoms with van der Waals surface area (Å²) in [5.41, 5.74) is 2.11. The normalized spacial score (nSPS) is 10.7. The third kappa shape index (κ3) is 6.18. The average Bonchev–Trinajstić information content (AvgIpc) is 2.52. The van der Waals surface area contributed by atoms with Crippen molar-refractivity contribution in [3.63, 3.8) is 0 Å². The summed E-state index contributed by atoms with van der Waals surface area (Å²) in [5, 5.41) is 6.28. The van der Waals surface area contributed by atoms with E-state index in [4.69, 9.17) is 34.8 Å². The topological polar surface area (TPSA) is 61.4 Å². The second-order valence-corrected chi connectivity index (χ2v) is 7.13. The van der Waals surface area contributed by atoms with Crippen LogP contribution in [0.25, 0.3) is 0 Å². The first-order valence-corrected chi connectivity index (χ1v) is 8.87. The fourth-order valence-electron chi connectivity index (χ4n) is 2.22. The summed E-state index contributed by atoms with van der Waals surface area (Å²) in [6, 6.07) is 10.4. The van der Waals surface area contributed by atoms with Crippen LogP contribution in [0.5, 0.6) is 0 Å². The second-order valence-electron chi connectivity index (χ2n) is 5.88. The molecule has 2 aromatic rings. The van der Waals surface area contributed by atoms with Crippen molar-refractivity contribution in [2.24, 2.45) is 0 Å². The van der Waals surface area contributed by atoms with E-state index in [0.717, 1.165) is 5.56 Å². The molecule has 0 spiro atoms. The number of benzene rings is 2. The van der Waals surface area contributed by atoms with Gasteiger partial charge in [0, 0.05) is 10.7 Å². The zero-order valence-electron chi connectivity index (χ0n) is 14.3. The molecule has 138 valence electrons. The van der Waals surface area contributed by atoms with Gasteiger partial charge in [0.25, 0.3) is 0 Å². The van der Waals surface area contributed by atoms with Crippen LogP contribution in [0.3, 0.4) is 0 Å². The standard InChI is InChI=1S/C18H18Cl3N3O2/c1-11-3-5-13(6-4-11)22-16(25)9-24(2)10-17(26)23-18-14(20)7-12(19)8-15(18)21/h3-8H,9-10H2,1-2H3,(H,22,25)(H,23,26). The van der Waals surface area contributed by atoms with E-state index in [0.29, 0.717) is 16.4 Å². The first-order chi connectivity index (χ1) is 12.2. The zero-order chi connectivity index (χ0) is 19.3. The molecule has 0 aromatic heterocycles. The Kier molecular flexibility index (Phi) is 7.29. The number of rotatable bonds is 6. The van der Waals surface area contributed by atoms with Crippen molar-refractivity contribution in [3.05, 3.63) is 57.0 Å². The molecule has 0 heterocycles. The van der Waals surface area contributed by atoms with Crippen molar-refractivity contribution in [2.45, 2.75) is 6.92 Å². The van der Waals surface area contributed by atoms with E-state index in [9.17, 15) is 9.59 Å². The van der Waals surface area contributed by atoms with Crippen LogP contribution in [0.1, 0.15) is 5.56 Å². The molecular formula is C18H18Cl3N3O2. The van der Waals surface area contributed by atoms with Crippen molar-refractivity contribution in [3.8, 4) is 0 Å². The Labute approximate surface area is 167 Å². The molecule has 0 radical (unpaired) electrons. The van der Waals surface area contributed by atoms with Crippen LogP contribution in [0, 0.1) is 6.92 Å². The second kappa shape index (κ2) is 9.24. The molecular weight excluding hydrogens is 397 g/mol. The van der Waals surface area contributed by atoms with Crippen LogP contribution in [0.4, 0.5) is 11.4 Å². The Morgan fingerprint density at radius 1 is 0.923 bits per heavy atom. The number of halogens is 3. The molecule has 2 aromatic carbocycles. The maximum atomic E-state index is 12.2. The highest BCUT2D eigenvalue weighted by Crippen LogP contribution is 2.33. The fourth-order valence-corrected chi connectivity index (χ4v) is 3.14. The molecule has 2 amide bonds. The van der Waals surface area contributed by atoms with Gasteiger partial charge < -0.3 is 10.6 Å². The lowest BCUT2D eigenvalue weighted by Crippen LogP contribution is -2.36. The van der Waals surface area contributed by atoms with E-state index in [1.807, 2.05) is 31.2 Å². The molecule has 2 N–H and O–H groups in total. The predicted molar refractivity (Wildman–Crippen MR) is 107 cm³/mol. The summed E-state index contributed by atoms with van der Waals surface area (Å²) in [6.07, 6.45) is 0. The van der Waals surface area contributed by atoms with E-state index in [-0.39, 0.29) is 34.9 Å². The maximum Gasteiger partial charge on any atom is 0.238 e. The lowest BCUT2D eigenvalue weighted by molar-refractivity contribution is -0.119. The molecule has 8 heteroatoms. The summed E-state index contributed by atoms with van der Waals surface area (Å²) in [6.45, 7) is 2.02. The van der Waals surface area contributed by atoms with E-state index in [1.54, 1.807) is 11.9 Å². The summed E-state index contributed by atoms with van der Waals surface area (Å²) < 4.78 is 0. The number of aryl methyl sites for hydroxylation is 1. The van der Waals surface area contributed by atoms with Gasteiger partial charge >= 0.3 is 0 Å². The van der Waals surface area contributed by atoms with Crippen LogP contribution >= 0.6 is 34.8 Å². The molecule has 26 heavy (non-hydrogen) atoms. The van der Waals surface area contributed by atoms with Gasteiger partial charge in [0.2, 0.25) is 11.8 Å². The lowest BCUT2D eigenvalue weighted by Gasteiger charge is -2.17. The highest BCUT2D eigenvalue weighted by atomic mass is 35.5. The van der Waals surface area contributed by atoms with Crippen molar-refractivity contribution < 1.29 is 9.59 Å². The Morgan fingerprint density at radius 2 is 1.42 bits per heavy atom. The highest BCUT2D eigenvalue weighted by Gasteiger charge is 2.14. The Hall–Kier alpha value is -1.79. The minimum absolute atomic E-state index is 0.00337. The number of carbonyl (C=O) groups excluding carboxylic acids is 2. The summed E-state index contributed by atoms with van der Waals surface area (Å²) in [4.78, 5) is 25.8. The van der Waals surface area contributed by atoms with E-state index >= 15 is 0 Å². The van der Waals surface area contributed by atoms with Gasteiger partial charge in [-0.25, -0.2) is 0 Å². The molecule has 2 rings (SSSR count). The summed E-state index contributed by atoms with van der Waals surface area (Å²) in [7, 11) is 1.67. The number of nitrogens with one attached hydrogen (secondary N) is 2. The number of anilines is 2. The first kappa shape index (κ1) is 20.5. The SMILES string of the molecule is Cc1ccc(NC(=O)CN(C)CC(=O)Nc2c(Cl)cc(Cl)cc2Cl)cc1. The number of carbonyl (C=O) groups is 2. The highest BCUT2D eigenvalue weighted by molar-refractivity contribution is 6.42. The van der Waals surface area contributed by atoms with Gasteiger partial charge in [-0.15, -0.1) is 0 Å². The largest absolute Gasteiger partial charge is 0.325 e. The number of hydrogen-bond donors (Lipinski definition) is 2. The van der Waals surface area contributed by atoms with Crippen LogP contribution in [0.2, 0.25) is 15.1 Å². The molecule has 0 aliphatic rings. The molecule has 0 aliphatic carbocycles. The van der Waals surface area contributed by atoms with Crippen molar-refractivity contribution in [2.75, 3.05) is 30.8 Å². The molecule has 0 fully saturated rings. The lowest BCUT2D eigenvalue weighted by atomic mass is 10.2. The smallest absolute Gasteiger partial charge is 0.238 e. The van der Waals surface area contributed by atoms with Gasteiger partial charge in [0.15, 0.2) is 0 Å². The van der Waals surface area contributed by atoms with E-state index in [2.05, 4.69) is 10.6 Å². The zero-order valence-corrected chi connectivity index (χ0v) is 16.5. The monoisotopic (exact) mass is 413 g/mol. The molecule has 0 unspecified atom stereocenters. The molecule has 0 bridgehead atoms. The predicted octanol–water partition coefficient (Wildman–Crippen LogP) is 4.46. The van der Waals surface area contributed by atoms with Crippen LogP contribution in [-0.4, -0.2) is 36.9 Å². The molecule has 5 nitrogen and oxygen atoms in total. The minimum Gasteiger partial charge on any atom is -0.325 e. The van der Waals surface area contributed by atoms with Crippen molar-refractivity contribution >= 4 is 58.0 Å². The minimum atomic E-state index is -0.346. The van der Waals surface area contributed by atoms with Crippen LogP contribution < -0.4 is 10.6 Å². The van der Waals surface area contributed by atoms with Gasteiger partial charge in [0.05, 0.1) is 28.8 Å². The van der Waals surface area contributed by atoms with Gasteiger partial charge in [-0.05, 0) is 38.2 Å².